The summed E-state index contributed by atoms with van der Waals surface area (Å²) in [6, 6.07) is 11.1. The van der Waals surface area contributed by atoms with E-state index < -0.39 is 0 Å². The van der Waals surface area contributed by atoms with Gasteiger partial charge in [0.2, 0.25) is 5.88 Å². The molecule has 5 heteroatoms. The molecule has 4 rings (SSSR count). The second kappa shape index (κ2) is 7.08. The van der Waals surface area contributed by atoms with Crippen LogP contribution >= 0.6 is 0 Å². The van der Waals surface area contributed by atoms with Gasteiger partial charge >= 0.3 is 0 Å². The van der Waals surface area contributed by atoms with Crippen molar-refractivity contribution < 1.29 is 9.53 Å². The number of carbonyl (C=O) groups is 1. The lowest BCUT2D eigenvalue weighted by atomic mass is 10.1. The van der Waals surface area contributed by atoms with Crippen LogP contribution in [0.1, 0.15) is 41.3 Å². The molecule has 1 N–H and O–H groups in total. The molecule has 1 aliphatic carbocycles. The fourth-order valence-corrected chi connectivity index (χ4v) is 4.21. The van der Waals surface area contributed by atoms with E-state index in [0.29, 0.717) is 23.5 Å². The van der Waals surface area contributed by atoms with Crippen molar-refractivity contribution in [3.63, 3.8) is 0 Å². The third kappa shape index (κ3) is 3.31. The van der Waals surface area contributed by atoms with Gasteiger partial charge in [-0.1, -0.05) is 6.07 Å². The van der Waals surface area contributed by atoms with E-state index in [9.17, 15) is 4.79 Å². The molecule has 0 spiro atoms. The minimum atomic E-state index is -0.149. The number of nitrogens with one attached hydrogen (secondary N) is 1. The lowest BCUT2D eigenvalue weighted by molar-refractivity contribution is 0.0962. The standard InChI is InChI=1S/C21H25N3O2/c1-14-4-3-9-24(14)18-10-15-5-7-19(12-17(15)11-18)26-20-8-6-16(13-23-20)21(25)22-2/h5-8,12-14,18H,3-4,9-11H2,1-2H3,(H,22,25)/t14-,18?/m1/s1. The van der Waals surface area contributed by atoms with Crippen molar-refractivity contribution in [2.75, 3.05) is 13.6 Å². The van der Waals surface area contributed by atoms with Crippen molar-refractivity contribution in [2.45, 2.75) is 44.7 Å². The number of amides is 1. The molecule has 1 aromatic carbocycles. The molecular formula is C21H25N3O2. The second-order valence-corrected chi connectivity index (χ2v) is 7.29. The van der Waals surface area contributed by atoms with Crippen LogP contribution in [-0.4, -0.2) is 41.5 Å². The van der Waals surface area contributed by atoms with Gasteiger partial charge in [0.1, 0.15) is 5.75 Å². The quantitative estimate of drug-likeness (QED) is 0.919. The Balaban J connectivity index is 1.45. The van der Waals surface area contributed by atoms with Crippen LogP contribution in [-0.2, 0) is 12.8 Å². The van der Waals surface area contributed by atoms with Crippen molar-refractivity contribution in [1.82, 2.24) is 15.2 Å². The Morgan fingerprint density at radius 1 is 1.23 bits per heavy atom. The molecule has 0 radical (unpaired) electrons. The number of rotatable bonds is 4. The monoisotopic (exact) mass is 351 g/mol. The molecule has 1 aliphatic heterocycles. The summed E-state index contributed by atoms with van der Waals surface area (Å²) in [4.78, 5) is 18.5. The highest BCUT2D eigenvalue weighted by atomic mass is 16.5. The maximum absolute atomic E-state index is 11.6. The van der Waals surface area contributed by atoms with Crippen molar-refractivity contribution in [2.24, 2.45) is 0 Å². The lowest BCUT2D eigenvalue weighted by Crippen LogP contribution is -2.38. The number of pyridine rings is 1. The van der Waals surface area contributed by atoms with Gasteiger partial charge in [-0.15, -0.1) is 0 Å². The third-order valence-corrected chi connectivity index (χ3v) is 5.61. The Hall–Kier alpha value is -2.40. The predicted octanol–water partition coefficient (Wildman–Crippen LogP) is 3.19. The SMILES string of the molecule is CNC(=O)c1ccc(Oc2ccc3c(c2)CC(N2CCC[C@H]2C)C3)nc1. The largest absolute Gasteiger partial charge is 0.439 e. The lowest BCUT2D eigenvalue weighted by Gasteiger charge is -2.27. The summed E-state index contributed by atoms with van der Waals surface area (Å²) in [5.41, 5.74) is 3.34. The van der Waals surface area contributed by atoms with Gasteiger partial charge in [0, 0.05) is 31.4 Å². The van der Waals surface area contributed by atoms with E-state index in [-0.39, 0.29) is 5.91 Å². The Morgan fingerprint density at radius 2 is 2.08 bits per heavy atom. The molecule has 2 atom stereocenters. The van der Waals surface area contributed by atoms with Crippen molar-refractivity contribution in [3.8, 4) is 11.6 Å². The molecule has 136 valence electrons. The van der Waals surface area contributed by atoms with Gasteiger partial charge in [0.05, 0.1) is 5.56 Å². The minimum absolute atomic E-state index is 0.149. The van der Waals surface area contributed by atoms with Crippen LogP contribution in [0.2, 0.25) is 0 Å². The number of benzene rings is 1. The fraction of sp³-hybridized carbons (Fsp3) is 0.429. The van der Waals surface area contributed by atoms with Gasteiger partial charge in [-0.3, -0.25) is 9.69 Å². The van der Waals surface area contributed by atoms with Crippen LogP contribution < -0.4 is 10.1 Å². The first-order valence-corrected chi connectivity index (χ1v) is 9.37. The molecule has 0 saturated carbocycles. The zero-order chi connectivity index (χ0) is 18.1. The first-order chi connectivity index (χ1) is 12.6. The topological polar surface area (TPSA) is 54.5 Å². The average molecular weight is 351 g/mol. The molecule has 1 saturated heterocycles. The molecule has 1 unspecified atom stereocenters. The van der Waals surface area contributed by atoms with E-state index in [4.69, 9.17) is 4.74 Å². The first kappa shape index (κ1) is 17.0. The molecule has 2 aliphatic rings. The number of carbonyl (C=O) groups excluding carboxylic acids is 1. The summed E-state index contributed by atoms with van der Waals surface area (Å²) in [7, 11) is 1.60. The van der Waals surface area contributed by atoms with Crippen LogP contribution in [0.15, 0.2) is 36.5 Å². The van der Waals surface area contributed by atoms with Gasteiger partial charge in [-0.25, -0.2) is 4.98 Å². The van der Waals surface area contributed by atoms with E-state index in [2.05, 4.69) is 34.3 Å². The molecule has 0 bridgehead atoms. The van der Waals surface area contributed by atoms with Gasteiger partial charge < -0.3 is 10.1 Å². The van der Waals surface area contributed by atoms with Gasteiger partial charge in [0.15, 0.2) is 0 Å². The predicted molar refractivity (Wildman–Crippen MR) is 101 cm³/mol. The second-order valence-electron chi connectivity index (χ2n) is 7.29. The number of likely N-dealkylation sites (tertiary alicyclic amines) is 1. The molecule has 26 heavy (non-hydrogen) atoms. The highest BCUT2D eigenvalue weighted by molar-refractivity contribution is 5.93. The van der Waals surface area contributed by atoms with Gasteiger partial charge in [-0.2, -0.15) is 0 Å². The molecule has 1 amide bonds. The highest BCUT2D eigenvalue weighted by Crippen LogP contribution is 2.33. The van der Waals surface area contributed by atoms with E-state index in [0.717, 1.165) is 18.6 Å². The number of ether oxygens (including phenoxy) is 1. The highest BCUT2D eigenvalue weighted by Gasteiger charge is 2.32. The van der Waals surface area contributed by atoms with Crippen molar-refractivity contribution in [3.05, 3.63) is 53.2 Å². The van der Waals surface area contributed by atoms with Crippen LogP contribution in [0.3, 0.4) is 0 Å². The number of hydrogen-bond acceptors (Lipinski definition) is 4. The molecule has 2 aromatic rings. The van der Waals surface area contributed by atoms with Crippen LogP contribution in [0.25, 0.3) is 0 Å². The summed E-state index contributed by atoms with van der Waals surface area (Å²) in [6.07, 6.45) is 6.41. The maximum Gasteiger partial charge on any atom is 0.252 e. The van der Waals surface area contributed by atoms with Crippen LogP contribution in [0.5, 0.6) is 11.6 Å². The van der Waals surface area contributed by atoms with E-state index in [1.807, 2.05) is 6.07 Å². The van der Waals surface area contributed by atoms with Gasteiger partial charge in [-0.05, 0) is 68.5 Å². The zero-order valence-corrected chi connectivity index (χ0v) is 15.4. The summed E-state index contributed by atoms with van der Waals surface area (Å²) in [5.74, 6) is 1.16. The number of nitrogens with zero attached hydrogens (tertiary/aromatic N) is 2. The molecule has 1 fully saturated rings. The molecule has 5 nitrogen and oxygen atoms in total. The first-order valence-electron chi connectivity index (χ1n) is 9.37. The summed E-state index contributed by atoms with van der Waals surface area (Å²) in [5, 5.41) is 2.59. The Kier molecular flexibility index (Phi) is 4.64. The average Bonchev–Trinajstić information content (AvgIpc) is 3.27. The normalized spacial score (nSPS) is 22.2. The summed E-state index contributed by atoms with van der Waals surface area (Å²) < 4.78 is 5.90. The van der Waals surface area contributed by atoms with E-state index in [1.165, 1.54) is 36.7 Å². The number of fused-ring (bicyclic) bond motifs is 1. The molecule has 1 aromatic heterocycles. The minimum Gasteiger partial charge on any atom is -0.439 e. The van der Waals surface area contributed by atoms with Crippen molar-refractivity contribution >= 4 is 5.91 Å². The van der Waals surface area contributed by atoms with Crippen LogP contribution in [0, 0.1) is 0 Å². The number of hydrogen-bond donors (Lipinski definition) is 1. The number of aromatic nitrogens is 1. The fourth-order valence-electron chi connectivity index (χ4n) is 4.21. The van der Waals surface area contributed by atoms with E-state index in [1.54, 1.807) is 19.2 Å². The van der Waals surface area contributed by atoms with Crippen molar-refractivity contribution in [1.29, 1.82) is 0 Å². The summed E-state index contributed by atoms with van der Waals surface area (Å²) >= 11 is 0. The van der Waals surface area contributed by atoms with Gasteiger partial charge in [0.25, 0.3) is 5.91 Å². The maximum atomic E-state index is 11.6. The smallest absolute Gasteiger partial charge is 0.252 e. The summed E-state index contributed by atoms with van der Waals surface area (Å²) in [6.45, 7) is 3.57. The zero-order valence-electron chi connectivity index (χ0n) is 15.4. The Labute approximate surface area is 154 Å². The third-order valence-electron chi connectivity index (χ3n) is 5.61. The van der Waals surface area contributed by atoms with E-state index >= 15 is 0 Å². The molecule has 2 heterocycles. The van der Waals surface area contributed by atoms with Crippen LogP contribution in [0.4, 0.5) is 0 Å². The Morgan fingerprint density at radius 3 is 2.77 bits per heavy atom. The molecular weight excluding hydrogens is 326 g/mol. The Bertz CT molecular complexity index is 803.